The Hall–Kier alpha value is -4.60. The number of nitrogens with one attached hydrogen (secondary N) is 6. The predicted molar refractivity (Wildman–Crippen MR) is 223 cm³/mol. The van der Waals surface area contributed by atoms with Crippen LogP contribution in [0.25, 0.3) is 0 Å². The van der Waals surface area contributed by atoms with Gasteiger partial charge in [0.25, 0.3) is 0 Å². The first-order valence-electron chi connectivity index (χ1n) is 20.1. The van der Waals surface area contributed by atoms with E-state index in [0.29, 0.717) is 12.8 Å². The maximum atomic E-state index is 13.1. The van der Waals surface area contributed by atoms with E-state index in [-0.39, 0.29) is 75.1 Å². The first-order chi connectivity index (χ1) is 28.6. The van der Waals surface area contributed by atoms with Gasteiger partial charge in [0.1, 0.15) is 37.3 Å². The zero-order chi connectivity index (χ0) is 45.3. The Labute approximate surface area is 359 Å². The summed E-state index contributed by atoms with van der Waals surface area (Å²) in [7, 11) is 4.32. The Morgan fingerprint density at radius 3 is 1.12 bits per heavy atom. The maximum Gasteiger partial charge on any atom is 0.328 e. The van der Waals surface area contributed by atoms with Crippen molar-refractivity contribution in [2.24, 2.45) is 0 Å². The van der Waals surface area contributed by atoms with Gasteiger partial charge in [-0.2, -0.15) is 0 Å². The van der Waals surface area contributed by atoms with Gasteiger partial charge in [0.05, 0.1) is 27.4 Å². The Morgan fingerprint density at radius 2 is 0.800 bits per heavy atom. The fourth-order valence-electron chi connectivity index (χ4n) is 4.98. The van der Waals surface area contributed by atoms with Crippen molar-refractivity contribution < 1.29 is 66.9 Å². The fraction of sp³-hybridized carbons (Fsp3) is 0.737. The van der Waals surface area contributed by atoms with Gasteiger partial charge in [-0.1, -0.05) is 61.1 Å². The van der Waals surface area contributed by atoms with E-state index in [1.807, 2.05) is 13.8 Å². The largest absolute Gasteiger partial charge is 0.468 e. The van der Waals surface area contributed by atoms with Crippen LogP contribution < -0.4 is 31.9 Å². The summed E-state index contributed by atoms with van der Waals surface area (Å²) in [6.07, 6.45) is 4.25. The Kier molecular flexibility index (Phi) is 31.5. The van der Waals surface area contributed by atoms with Crippen LogP contribution in [0.2, 0.25) is 0 Å². The molecule has 0 aliphatic carbocycles. The van der Waals surface area contributed by atoms with Gasteiger partial charge in [0.15, 0.2) is 0 Å². The summed E-state index contributed by atoms with van der Waals surface area (Å²) < 4.78 is 19.3. The number of amides is 6. The number of hydrogen-bond donors (Lipinski definition) is 6. The molecule has 6 amide bonds. The van der Waals surface area contributed by atoms with E-state index in [2.05, 4.69) is 41.4 Å². The van der Waals surface area contributed by atoms with Gasteiger partial charge in [0.2, 0.25) is 35.4 Å². The third-order valence-corrected chi connectivity index (χ3v) is 10.7. The molecule has 6 N–H and O–H groups in total. The van der Waals surface area contributed by atoms with Crippen LogP contribution >= 0.6 is 21.6 Å². The van der Waals surface area contributed by atoms with Gasteiger partial charge in [-0.05, 0) is 39.5 Å². The highest BCUT2D eigenvalue weighted by Crippen LogP contribution is 2.23. The zero-order valence-electron chi connectivity index (χ0n) is 35.6. The summed E-state index contributed by atoms with van der Waals surface area (Å²) in [5.74, 6) is -6.68. The van der Waals surface area contributed by atoms with Crippen molar-refractivity contribution in [2.75, 3.05) is 52.0 Å². The van der Waals surface area contributed by atoms with Crippen molar-refractivity contribution in [1.29, 1.82) is 0 Å². The van der Waals surface area contributed by atoms with Crippen LogP contribution in [-0.2, 0) is 66.9 Å². The normalized spacial score (nSPS) is 12.6. The summed E-state index contributed by atoms with van der Waals surface area (Å²) in [6.45, 7) is 6.28. The van der Waals surface area contributed by atoms with Crippen LogP contribution in [0.1, 0.15) is 105 Å². The maximum absolute atomic E-state index is 13.1. The molecule has 0 spiro atoms. The smallest absolute Gasteiger partial charge is 0.328 e. The van der Waals surface area contributed by atoms with Crippen molar-refractivity contribution in [3.63, 3.8) is 0 Å². The highest BCUT2D eigenvalue weighted by molar-refractivity contribution is 8.76. The van der Waals surface area contributed by atoms with Crippen LogP contribution in [-0.4, -0.2) is 136 Å². The van der Waals surface area contributed by atoms with Crippen LogP contribution in [0.4, 0.5) is 0 Å². The lowest BCUT2D eigenvalue weighted by molar-refractivity contribution is -0.148. The molecule has 0 aliphatic heterocycles. The lowest BCUT2D eigenvalue weighted by atomic mass is 10.1. The number of methoxy groups -OCH3 is 2. The topological polar surface area (TPSA) is 280 Å². The second-order valence-corrected chi connectivity index (χ2v) is 15.7. The van der Waals surface area contributed by atoms with Crippen molar-refractivity contribution >= 4 is 80.9 Å². The molecule has 0 bridgehead atoms. The predicted octanol–water partition coefficient (Wildman–Crippen LogP) is 0.733. The quantitative estimate of drug-likeness (QED) is 0.0229. The molecule has 0 unspecified atom stereocenters. The molecule has 0 saturated carbocycles. The van der Waals surface area contributed by atoms with Crippen molar-refractivity contribution in [2.45, 2.75) is 129 Å². The minimum Gasteiger partial charge on any atom is -0.468 e. The Balaban J connectivity index is 5.80. The molecule has 0 saturated heterocycles. The summed E-state index contributed by atoms with van der Waals surface area (Å²) in [5, 5.41) is 15.1. The van der Waals surface area contributed by atoms with E-state index < -0.39 is 84.8 Å². The monoisotopic (exact) mass is 892 g/mol. The molecule has 4 atom stereocenters. The molecule has 20 nitrogen and oxygen atoms in total. The van der Waals surface area contributed by atoms with Crippen molar-refractivity contribution in [3.8, 4) is 0 Å². The summed E-state index contributed by atoms with van der Waals surface area (Å²) in [4.78, 5) is 126. The Morgan fingerprint density at radius 1 is 0.467 bits per heavy atom. The number of hydrogen-bond acceptors (Lipinski definition) is 16. The molecule has 0 radical (unpaired) electrons. The second kappa shape index (κ2) is 34.1. The first-order valence-corrected chi connectivity index (χ1v) is 22.6. The third kappa shape index (κ3) is 26.5. The van der Waals surface area contributed by atoms with E-state index in [9.17, 15) is 47.9 Å². The average molecular weight is 893 g/mol. The number of carbonyl (C=O) groups excluding carboxylic acids is 10. The van der Waals surface area contributed by atoms with Crippen LogP contribution in [0.5, 0.6) is 0 Å². The number of carbonyl (C=O) groups is 10. The van der Waals surface area contributed by atoms with E-state index in [0.717, 1.165) is 61.5 Å². The van der Waals surface area contributed by atoms with E-state index in [4.69, 9.17) is 9.47 Å². The summed E-state index contributed by atoms with van der Waals surface area (Å²) in [5.41, 5.74) is 0. The molecule has 0 aromatic rings. The van der Waals surface area contributed by atoms with Gasteiger partial charge in [-0.15, -0.1) is 0 Å². The number of ether oxygens (including phenoxy) is 4. The first kappa shape index (κ1) is 55.4. The molecule has 0 heterocycles. The molecule has 22 heteroatoms. The molecule has 0 rings (SSSR count). The highest BCUT2D eigenvalue weighted by Gasteiger charge is 2.28. The van der Waals surface area contributed by atoms with Gasteiger partial charge in [-0.25, -0.2) is 9.59 Å². The molecule has 60 heavy (non-hydrogen) atoms. The average Bonchev–Trinajstić information content (AvgIpc) is 3.22. The molecule has 342 valence electrons. The van der Waals surface area contributed by atoms with Crippen LogP contribution in [0.15, 0.2) is 0 Å². The molecular formula is C38H64N6O14S2. The molecule has 0 fully saturated rings. The zero-order valence-corrected chi connectivity index (χ0v) is 37.2. The van der Waals surface area contributed by atoms with Crippen molar-refractivity contribution in [3.05, 3.63) is 0 Å². The number of rotatable bonds is 33. The fourth-order valence-corrected chi connectivity index (χ4v) is 7.31. The lowest BCUT2D eigenvalue weighted by Gasteiger charge is -2.21. The Bertz CT molecular complexity index is 1300. The minimum absolute atomic E-state index is 0.0525. The van der Waals surface area contributed by atoms with Crippen LogP contribution in [0.3, 0.4) is 0 Å². The van der Waals surface area contributed by atoms with E-state index in [1.165, 1.54) is 0 Å². The number of unbranched alkanes of at least 4 members (excludes halogenated alkanes) is 4. The number of esters is 4. The molecular weight excluding hydrogens is 829 g/mol. The second-order valence-electron chi connectivity index (χ2n) is 13.1. The van der Waals surface area contributed by atoms with E-state index in [1.54, 1.807) is 13.8 Å². The summed E-state index contributed by atoms with van der Waals surface area (Å²) in [6, 6.07) is -4.68. The van der Waals surface area contributed by atoms with Crippen LogP contribution in [0, 0.1) is 0 Å². The van der Waals surface area contributed by atoms with Gasteiger partial charge >= 0.3 is 23.9 Å². The molecule has 0 aliphatic rings. The minimum atomic E-state index is -1.23. The van der Waals surface area contributed by atoms with Gasteiger partial charge in [-0.3, -0.25) is 38.4 Å². The molecule has 0 aromatic carbocycles. The lowest BCUT2D eigenvalue weighted by Crippen LogP contribution is -2.50. The standard InChI is InChI=1S/C38H64N6O14S2/c1-7-11-13-15-29(45)41-25(37(53)57-9-3)17-19-31(47)43-27(35(51)39-21-33(49)55-5)23-59-60-24-28(36(52)40-22-34(50)56-6)44-32(48)20-18-26(38(54)58-10-4)42-30(46)16-14-12-8-2/h25-28H,7-24H2,1-6H3,(H,39,51)(H,40,52)(H,41,45)(H,42,46)(H,43,47)(H,44,48)/t25-,26-,27-,28-/m0/s1. The van der Waals surface area contributed by atoms with Crippen molar-refractivity contribution in [1.82, 2.24) is 31.9 Å². The SMILES string of the molecule is CCCCCC(=O)N[C@@H](CCC(=O)N[C@@H](CSSC[C@H](NC(=O)CC[C@H](NC(=O)CCCCC)C(=O)OCC)C(=O)NCC(=O)OC)C(=O)NCC(=O)OC)C(=O)OCC. The molecule has 0 aromatic heterocycles. The summed E-state index contributed by atoms with van der Waals surface area (Å²) >= 11 is 0. The van der Waals surface area contributed by atoms with Gasteiger partial charge in [0, 0.05) is 37.2 Å². The van der Waals surface area contributed by atoms with Gasteiger partial charge < -0.3 is 50.8 Å². The third-order valence-electron chi connectivity index (χ3n) is 8.27. The highest BCUT2D eigenvalue weighted by atomic mass is 33.1. The van der Waals surface area contributed by atoms with E-state index >= 15 is 0 Å².